The Labute approximate surface area is 255 Å². The summed E-state index contributed by atoms with van der Waals surface area (Å²) in [5.74, 6) is -0.516. The number of aliphatic hydroxyl groups excluding tert-OH is 1. The lowest BCUT2D eigenvalue weighted by molar-refractivity contribution is -0.150. The maximum Gasteiger partial charge on any atom is 0.250 e. The zero-order chi connectivity index (χ0) is 30.8. The van der Waals surface area contributed by atoms with Crippen LogP contribution in [0, 0.1) is 22.7 Å². The first-order chi connectivity index (χ1) is 20.3. The summed E-state index contributed by atoms with van der Waals surface area (Å²) in [6.07, 6.45) is 8.87. The molecule has 6 atom stereocenters. The molecule has 0 aliphatic heterocycles. The van der Waals surface area contributed by atoms with Crippen LogP contribution in [0.5, 0.6) is 0 Å². The number of rotatable bonds is 4. The van der Waals surface area contributed by atoms with Gasteiger partial charge < -0.3 is 16.2 Å². The molecule has 7 nitrogen and oxygen atoms in total. The van der Waals surface area contributed by atoms with E-state index in [4.69, 9.17) is 5.73 Å². The van der Waals surface area contributed by atoms with Crippen LogP contribution in [0.15, 0.2) is 36.4 Å². The lowest BCUT2D eigenvalue weighted by Gasteiger charge is -2.56. The molecule has 7 heteroatoms. The highest BCUT2D eigenvalue weighted by atomic mass is 16.3. The minimum Gasteiger partial charge on any atom is -0.399 e. The molecule has 2 aromatic rings. The third-order valence-corrected chi connectivity index (χ3v) is 12.4. The van der Waals surface area contributed by atoms with Gasteiger partial charge in [0.05, 0.1) is 10.8 Å². The van der Waals surface area contributed by atoms with Gasteiger partial charge in [0.2, 0.25) is 17.7 Å². The van der Waals surface area contributed by atoms with Crippen LogP contribution in [-0.4, -0.2) is 29.4 Å². The van der Waals surface area contributed by atoms with Gasteiger partial charge in [-0.3, -0.25) is 19.7 Å². The second kappa shape index (κ2) is 10.5. The van der Waals surface area contributed by atoms with Crippen molar-refractivity contribution in [1.29, 1.82) is 0 Å². The maximum absolute atomic E-state index is 14.3. The van der Waals surface area contributed by atoms with Gasteiger partial charge in [0.1, 0.15) is 6.61 Å². The molecule has 0 bridgehead atoms. The van der Waals surface area contributed by atoms with Crippen LogP contribution >= 0.6 is 0 Å². The summed E-state index contributed by atoms with van der Waals surface area (Å²) in [6.45, 7) is 8.13. The average Bonchev–Trinajstić information content (AvgIpc) is 2.97. The Hall–Kier alpha value is -3.19. The number of benzene rings is 2. The lowest BCUT2D eigenvalue weighted by Crippen LogP contribution is -2.60. The number of nitrogen functional groups attached to an aromatic ring is 1. The number of imide groups is 1. The van der Waals surface area contributed by atoms with E-state index in [1.807, 2.05) is 18.2 Å². The molecule has 0 saturated heterocycles. The van der Waals surface area contributed by atoms with Gasteiger partial charge in [-0.1, -0.05) is 52.7 Å². The van der Waals surface area contributed by atoms with E-state index in [1.165, 1.54) is 22.3 Å². The lowest BCUT2D eigenvalue weighted by atomic mass is 9.49. The summed E-state index contributed by atoms with van der Waals surface area (Å²) in [5, 5.41) is 15.0. The molecule has 4 aliphatic rings. The number of amides is 3. The second-order valence-corrected chi connectivity index (χ2v) is 14.8. The quantitative estimate of drug-likeness (QED) is 0.276. The fourth-order valence-electron chi connectivity index (χ4n) is 10.1. The minimum atomic E-state index is -0.688. The summed E-state index contributed by atoms with van der Waals surface area (Å²) in [6, 6.07) is 12.2. The van der Waals surface area contributed by atoms with Crippen molar-refractivity contribution in [2.24, 2.45) is 22.7 Å². The average molecular weight is 586 g/mol. The molecule has 3 amide bonds. The Balaban J connectivity index is 1.26. The summed E-state index contributed by atoms with van der Waals surface area (Å²) in [7, 11) is 0. The molecule has 43 heavy (non-hydrogen) atoms. The van der Waals surface area contributed by atoms with Crippen molar-refractivity contribution in [3.63, 3.8) is 0 Å². The van der Waals surface area contributed by atoms with Gasteiger partial charge in [0.15, 0.2) is 0 Å². The molecule has 0 aromatic heterocycles. The zero-order valence-electron chi connectivity index (χ0n) is 26.1. The van der Waals surface area contributed by atoms with Gasteiger partial charge in [-0.25, -0.2) is 0 Å². The molecule has 0 spiro atoms. The second-order valence-electron chi connectivity index (χ2n) is 14.8. The number of aryl methyl sites for hydroxylation is 2. The number of carbonyl (C=O) groups is 3. The monoisotopic (exact) mass is 585 g/mol. The molecule has 2 fully saturated rings. The van der Waals surface area contributed by atoms with Gasteiger partial charge >= 0.3 is 0 Å². The van der Waals surface area contributed by atoms with E-state index in [1.54, 1.807) is 0 Å². The van der Waals surface area contributed by atoms with Gasteiger partial charge in [-0.15, -0.1) is 0 Å². The smallest absolute Gasteiger partial charge is 0.250 e. The SMILES string of the molecule is C[C@]1(C(=O)NC(=O)[C@@]2(C)CCC[C@]3(C)c4cc(NC(=O)CO)ccc4CC[C@@H]23)CCC[C@]2(C)c3cc(N)ccc3CC[C@@H]12. The predicted molar refractivity (Wildman–Crippen MR) is 168 cm³/mol. The highest BCUT2D eigenvalue weighted by Gasteiger charge is 2.58. The normalized spacial score (nSPS) is 34.5. The van der Waals surface area contributed by atoms with Crippen molar-refractivity contribution in [3.05, 3.63) is 58.7 Å². The van der Waals surface area contributed by atoms with E-state index in [2.05, 4.69) is 56.5 Å². The molecule has 4 aliphatic carbocycles. The molecule has 0 heterocycles. The van der Waals surface area contributed by atoms with Crippen molar-refractivity contribution in [1.82, 2.24) is 5.32 Å². The van der Waals surface area contributed by atoms with E-state index < -0.39 is 23.3 Å². The number of aliphatic hydroxyl groups is 1. The van der Waals surface area contributed by atoms with Crippen LogP contribution in [0.2, 0.25) is 0 Å². The summed E-state index contributed by atoms with van der Waals surface area (Å²) < 4.78 is 0. The van der Waals surface area contributed by atoms with Gasteiger partial charge in [-0.2, -0.15) is 0 Å². The minimum absolute atomic E-state index is 0.0619. The first-order valence-corrected chi connectivity index (χ1v) is 16.1. The highest BCUT2D eigenvalue weighted by molar-refractivity contribution is 6.01. The fraction of sp³-hybridized carbons (Fsp3) is 0.583. The Morgan fingerprint density at radius 3 is 1.84 bits per heavy atom. The van der Waals surface area contributed by atoms with Crippen LogP contribution in [0.4, 0.5) is 11.4 Å². The molecule has 230 valence electrons. The molecule has 6 rings (SSSR count). The van der Waals surface area contributed by atoms with Crippen molar-refractivity contribution >= 4 is 29.1 Å². The van der Waals surface area contributed by atoms with Crippen LogP contribution in [0.1, 0.15) is 101 Å². The Bertz CT molecular complexity index is 1490. The van der Waals surface area contributed by atoms with E-state index >= 15 is 0 Å². The van der Waals surface area contributed by atoms with E-state index in [-0.39, 0.29) is 34.5 Å². The number of carbonyl (C=O) groups excluding carboxylic acids is 3. The third kappa shape index (κ3) is 4.61. The number of fused-ring (bicyclic) bond motifs is 6. The number of nitrogens with two attached hydrogens (primary N) is 1. The molecule has 2 saturated carbocycles. The number of anilines is 2. The first-order valence-electron chi connectivity index (χ1n) is 16.1. The Morgan fingerprint density at radius 1 is 0.791 bits per heavy atom. The fourth-order valence-corrected chi connectivity index (χ4v) is 10.1. The third-order valence-electron chi connectivity index (χ3n) is 12.4. The Morgan fingerprint density at radius 2 is 1.30 bits per heavy atom. The zero-order valence-corrected chi connectivity index (χ0v) is 26.1. The van der Waals surface area contributed by atoms with Crippen LogP contribution < -0.4 is 16.4 Å². The maximum atomic E-state index is 14.3. The number of hydrogen-bond donors (Lipinski definition) is 4. The molecular weight excluding hydrogens is 538 g/mol. The first kappa shape index (κ1) is 29.9. The molecule has 0 unspecified atom stereocenters. The van der Waals surface area contributed by atoms with Crippen molar-refractivity contribution in [2.75, 3.05) is 17.7 Å². The van der Waals surface area contributed by atoms with Crippen LogP contribution in [-0.2, 0) is 38.1 Å². The van der Waals surface area contributed by atoms with Gasteiger partial charge in [0.25, 0.3) is 0 Å². The standard InChI is InChI=1S/C36H47N3O4/c1-33-15-5-17-35(3,28(33)13-9-22-7-11-24(37)19-26(22)33)31(42)39-32(43)36(4)18-6-16-34(2)27-20-25(38-30(41)21-40)12-8-23(27)10-14-29(34)36/h7-8,11-12,19-20,28-29,40H,5-6,9-10,13-18,21,37H2,1-4H3,(H,38,41)(H,39,42,43)/t28-,29-,33-,34-,35+,36+/m1/s1. The summed E-state index contributed by atoms with van der Waals surface area (Å²) >= 11 is 0. The van der Waals surface area contributed by atoms with Crippen molar-refractivity contribution in [2.45, 2.75) is 103 Å². The van der Waals surface area contributed by atoms with Crippen molar-refractivity contribution in [3.8, 4) is 0 Å². The topological polar surface area (TPSA) is 122 Å². The molecule has 0 radical (unpaired) electrons. The molecule has 2 aromatic carbocycles. The van der Waals surface area contributed by atoms with Crippen LogP contribution in [0.3, 0.4) is 0 Å². The van der Waals surface area contributed by atoms with Gasteiger partial charge in [0, 0.05) is 11.4 Å². The summed E-state index contributed by atoms with van der Waals surface area (Å²) in [4.78, 5) is 40.5. The van der Waals surface area contributed by atoms with E-state index in [9.17, 15) is 19.5 Å². The number of nitrogens with one attached hydrogen (secondary N) is 2. The molecular formula is C36H47N3O4. The highest BCUT2D eigenvalue weighted by Crippen LogP contribution is 2.59. The van der Waals surface area contributed by atoms with Crippen LogP contribution in [0.25, 0.3) is 0 Å². The molecule has 5 N–H and O–H groups in total. The van der Waals surface area contributed by atoms with E-state index in [0.29, 0.717) is 5.69 Å². The largest absolute Gasteiger partial charge is 0.399 e. The van der Waals surface area contributed by atoms with E-state index in [0.717, 1.165) is 69.9 Å². The summed E-state index contributed by atoms with van der Waals surface area (Å²) in [5.41, 5.74) is 10.9. The van der Waals surface area contributed by atoms with Crippen molar-refractivity contribution < 1.29 is 19.5 Å². The van der Waals surface area contributed by atoms with Gasteiger partial charge in [-0.05, 0) is 121 Å². The predicted octanol–water partition coefficient (Wildman–Crippen LogP) is 5.56. The number of hydrogen-bond acceptors (Lipinski definition) is 5. The Kier molecular flexibility index (Phi) is 7.27.